The fraction of sp³-hybridized carbons (Fsp3) is 0.882. The molecule has 0 unspecified atom stereocenters. The smallest absolute Gasteiger partial charge is 0.310 e. The number of unbranched alkanes of at least 4 members (excludes halogenated alkanes) is 27. The third kappa shape index (κ3) is 32.7. The Balaban J connectivity index is 3.06. The monoisotopic (exact) mass is 536 g/mol. The summed E-state index contributed by atoms with van der Waals surface area (Å²) in [5.74, 6) is -0.808. The molecule has 0 atom stereocenters. The van der Waals surface area contributed by atoms with Gasteiger partial charge in [-0.1, -0.05) is 174 Å². The lowest BCUT2D eigenvalue weighted by Crippen LogP contribution is -1.98. The van der Waals surface area contributed by atoms with E-state index in [2.05, 4.69) is 6.58 Å². The third-order valence-corrected chi connectivity index (χ3v) is 7.74. The lowest BCUT2D eigenvalue weighted by atomic mass is 10.0. The SMILES string of the molecule is C=COC(=O)CCCCCCCCCCCCCCCCCCCCCCCCCCCCCCC(=O)O. The molecular weight excluding hydrogens is 472 g/mol. The summed E-state index contributed by atoms with van der Waals surface area (Å²) in [7, 11) is 0. The summed E-state index contributed by atoms with van der Waals surface area (Å²) in [5, 5.41) is 8.62. The molecule has 0 saturated carbocycles. The van der Waals surface area contributed by atoms with Gasteiger partial charge in [0.1, 0.15) is 0 Å². The molecule has 0 fully saturated rings. The Morgan fingerprint density at radius 3 is 0.842 bits per heavy atom. The molecule has 0 aliphatic carbocycles. The van der Waals surface area contributed by atoms with Crippen LogP contribution in [0.25, 0.3) is 0 Å². The van der Waals surface area contributed by atoms with Gasteiger partial charge >= 0.3 is 11.9 Å². The van der Waals surface area contributed by atoms with Crippen LogP contribution in [0.3, 0.4) is 0 Å². The van der Waals surface area contributed by atoms with Crippen LogP contribution in [0, 0.1) is 0 Å². The molecule has 0 saturated heterocycles. The molecule has 0 aliphatic rings. The van der Waals surface area contributed by atoms with Crippen molar-refractivity contribution in [3.05, 3.63) is 12.8 Å². The first kappa shape index (κ1) is 36.7. The zero-order valence-electron chi connectivity index (χ0n) is 25.2. The molecule has 224 valence electrons. The highest BCUT2D eigenvalue weighted by molar-refractivity contribution is 5.69. The van der Waals surface area contributed by atoms with E-state index < -0.39 is 5.97 Å². The van der Waals surface area contributed by atoms with Gasteiger partial charge in [0, 0.05) is 12.8 Å². The number of carbonyl (C=O) groups is 2. The van der Waals surface area contributed by atoms with E-state index in [4.69, 9.17) is 9.84 Å². The molecule has 38 heavy (non-hydrogen) atoms. The lowest BCUT2D eigenvalue weighted by Gasteiger charge is -2.04. The van der Waals surface area contributed by atoms with Crippen LogP contribution in [-0.4, -0.2) is 17.0 Å². The molecule has 0 aromatic heterocycles. The summed E-state index contributed by atoms with van der Waals surface area (Å²) in [6.45, 7) is 3.40. The highest BCUT2D eigenvalue weighted by Crippen LogP contribution is 2.16. The van der Waals surface area contributed by atoms with Gasteiger partial charge in [-0.15, -0.1) is 0 Å². The molecule has 0 amide bonds. The quantitative estimate of drug-likeness (QED) is 0.0527. The van der Waals surface area contributed by atoms with Gasteiger partial charge < -0.3 is 9.84 Å². The molecule has 4 heteroatoms. The molecular formula is C34H64O4. The first-order valence-electron chi connectivity index (χ1n) is 16.7. The fourth-order valence-electron chi connectivity index (χ4n) is 5.29. The number of rotatable bonds is 32. The summed E-state index contributed by atoms with van der Waals surface area (Å²) < 4.78 is 4.72. The van der Waals surface area contributed by atoms with Crippen LogP contribution in [0.1, 0.15) is 193 Å². The number of aliphatic carboxylic acids is 1. The zero-order valence-corrected chi connectivity index (χ0v) is 25.2. The lowest BCUT2D eigenvalue weighted by molar-refractivity contribution is -0.138. The van der Waals surface area contributed by atoms with Crippen molar-refractivity contribution < 1.29 is 19.4 Å². The summed E-state index contributed by atoms with van der Waals surface area (Å²) in [4.78, 5) is 21.7. The zero-order chi connectivity index (χ0) is 27.8. The molecule has 0 spiro atoms. The topological polar surface area (TPSA) is 63.6 Å². The summed E-state index contributed by atoms with van der Waals surface area (Å²) >= 11 is 0. The minimum absolute atomic E-state index is 0.152. The Kier molecular flexibility index (Phi) is 30.8. The van der Waals surface area contributed by atoms with E-state index >= 15 is 0 Å². The Morgan fingerprint density at radius 2 is 0.632 bits per heavy atom. The molecule has 0 bridgehead atoms. The maximum Gasteiger partial charge on any atom is 0.310 e. The largest absolute Gasteiger partial charge is 0.481 e. The summed E-state index contributed by atoms with van der Waals surface area (Å²) in [6, 6.07) is 0. The Labute approximate surface area is 236 Å². The third-order valence-electron chi connectivity index (χ3n) is 7.74. The molecule has 0 rings (SSSR count). The van der Waals surface area contributed by atoms with Gasteiger partial charge in [-0.25, -0.2) is 0 Å². The standard InChI is InChI=1S/C34H64O4/c1-2-38-34(37)32-30-28-26-24-22-20-18-16-14-12-10-8-6-4-3-5-7-9-11-13-15-17-19-21-23-25-27-29-31-33(35)36/h2H,1,3-32H2,(H,35,36). The molecule has 0 aromatic rings. The number of ether oxygens (including phenoxy) is 1. The van der Waals surface area contributed by atoms with E-state index in [9.17, 15) is 9.59 Å². The van der Waals surface area contributed by atoms with Gasteiger partial charge in [0.05, 0.1) is 6.26 Å². The van der Waals surface area contributed by atoms with Gasteiger partial charge in [-0.2, -0.15) is 0 Å². The van der Waals surface area contributed by atoms with Gasteiger partial charge in [0.2, 0.25) is 0 Å². The van der Waals surface area contributed by atoms with Crippen LogP contribution in [0.5, 0.6) is 0 Å². The van der Waals surface area contributed by atoms with E-state index in [1.807, 2.05) is 0 Å². The molecule has 0 radical (unpaired) electrons. The molecule has 0 aliphatic heterocycles. The van der Waals surface area contributed by atoms with Crippen molar-refractivity contribution in [2.45, 2.75) is 193 Å². The minimum atomic E-state index is -0.656. The van der Waals surface area contributed by atoms with Gasteiger partial charge in [-0.3, -0.25) is 9.59 Å². The van der Waals surface area contributed by atoms with E-state index in [0.29, 0.717) is 12.8 Å². The summed E-state index contributed by atoms with van der Waals surface area (Å²) in [5.41, 5.74) is 0. The normalized spacial score (nSPS) is 11.1. The maximum absolute atomic E-state index is 11.2. The van der Waals surface area contributed by atoms with E-state index in [-0.39, 0.29) is 5.97 Å². The Bertz CT molecular complexity index is 517. The number of carboxylic acid groups (broad SMARTS) is 1. The maximum atomic E-state index is 11.2. The van der Waals surface area contributed by atoms with Crippen molar-refractivity contribution in [3.8, 4) is 0 Å². The minimum Gasteiger partial charge on any atom is -0.481 e. The number of hydrogen-bond donors (Lipinski definition) is 1. The second kappa shape index (κ2) is 31.9. The first-order chi connectivity index (χ1) is 18.7. The Hall–Kier alpha value is -1.32. The van der Waals surface area contributed by atoms with Crippen LogP contribution in [0.4, 0.5) is 0 Å². The predicted molar refractivity (Wildman–Crippen MR) is 162 cm³/mol. The summed E-state index contributed by atoms with van der Waals surface area (Å²) in [6.07, 6.45) is 39.2. The molecule has 1 N–H and O–H groups in total. The highest BCUT2D eigenvalue weighted by Gasteiger charge is 2.00. The van der Waals surface area contributed by atoms with Crippen molar-refractivity contribution in [1.29, 1.82) is 0 Å². The molecule has 0 aromatic carbocycles. The van der Waals surface area contributed by atoms with Gasteiger partial charge in [0.15, 0.2) is 0 Å². The van der Waals surface area contributed by atoms with Crippen molar-refractivity contribution in [2.75, 3.05) is 0 Å². The van der Waals surface area contributed by atoms with Crippen molar-refractivity contribution in [2.24, 2.45) is 0 Å². The van der Waals surface area contributed by atoms with Crippen LogP contribution in [0.2, 0.25) is 0 Å². The second-order valence-corrected chi connectivity index (χ2v) is 11.4. The van der Waals surface area contributed by atoms with Crippen LogP contribution >= 0.6 is 0 Å². The van der Waals surface area contributed by atoms with E-state index in [1.54, 1.807) is 0 Å². The van der Waals surface area contributed by atoms with E-state index in [0.717, 1.165) is 25.7 Å². The number of carbonyl (C=O) groups excluding carboxylic acids is 1. The predicted octanol–water partition coefficient (Wildman–Crippen LogP) is 11.5. The van der Waals surface area contributed by atoms with Gasteiger partial charge in [0.25, 0.3) is 0 Å². The molecule has 0 heterocycles. The first-order valence-corrected chi connectivity index (χ1v) is 16.7. The van der Waals surface area contributed by atoms with Crippen LogP contribution in [-0.2, 0) is 14.3 Å². The van der Waals surface area contributed by atoms with Crippen molar-refractivity contribution >= 4 is 11.9 Å². The van der Waals surface area contributed by atoms with E-state index in [1.165, 1.54) is 160 Å². The Morgan fingerprint density at radius 1 is 0.421 bits per heavy atom. The fourth-order valence-corrected chi connectivity index (χ4v) is 5.29. The van der Waals surface area contributed by atoms with Gasteiger partial charge in [-0.05, 0) is 12.8 Å². The van der Waals surface area contributed by atoms with Crippen LogP contribution in [0.15, 0.2) is 12.8 Å². The van der Waals surface area contributed by atoms with Crippen LogP contribution < -0.4 is 0 Å². The number of carboxylic acids is 1. The molecule has 4 nitrogen and oxygen atoms in total. The average Bonchev–Trinajstić information content (AvgIpc) is 2.89. The highest BCUT2D eigenvalue weighted by atomic mass is 16.5. The average molecular weight is 537 g/mol. The second-order valence-electron chi connectivity index (χ2n) is 11.4. The van der Waals surface area contributed by atoms with Crippen molar-refractivity contribution in [3.63, 3.8) is 0 Å². The van der Waals surface area contributed by atoms with Crippen molar-refractivity contribution in [1.82, 2.24) is 0 Å². The number of esters is 1. The number of hydrogen-bond acceptors (Lipinski definition) is 3.